The van der Waals surface area contributed by atoms with Crippen molar-refractivity contribution in [3.63, 3.8) is 0 Å². The minimum atomic E-state index is -0.635. The summed E-state index contributed by atoms with van der Waals surface area (Å²) in [5, 5.41) is 18.5. The quantitative estimate of drug-likeness (QED) is 0.403. The number of aromatic amines is 1. The van der Waals surface area contributed by atoms with E-state index in [2.05, 4.69) is 20.5 Å². The van der Waals surface area contributed by atoms with Crippen LogP contribution in [0.1, 0.15) is 22.9 Å². The molecule has 0 saturated carbocycles. The van der Waals surface area contributed by atoms with Gasteiger partial charge >= 0.3 is 0 Å². The Morgan fingerprint density at radius 3 is 2.61 bits per heavy atom. The van der Waals surface area contributed by atoms with Gasteiger partial charge in [0.05, 0.1) is 11.4 Å². The fourth-order valence-corrected chi connectivity index (χ4v) is 2.88. The van der Waals surface area contributed by atoms with Crippen LogP contribution < -0.4 is 11.1 Å². The SMILES string of the molecule is N=C(/C=C/c1ccc(F)cc1)c1cc(-c2n[nH]c(C3CNC3)n2)cc(F)c1N. The van der Waals surface area contributed by atoms with Crippen LogP contribution in [0.3, 0.4) is 0 Å². The number of aromatic nitrogens is 3. The van der Waals surface area contributed by atoms with Crippen molar-refractivity contribution in [1.82, 2.24) is 20.5 Å². The van der Waals surface area contributed by atoms with Crippen LogP contribution in [-0.2, 0) is 0 Å². The molecule has 0 amide bonds. The van der Waals surface area contributed by atoms with E-state index in [1.165, 1.54) is 24.3 Å². The van der Waals surface area contributed by atoms with E-state index >= 15 is 0 Å². The van der Waals surface area contributed by atoms with Gasteiger partial charge in [0.1, 0.15) is 17.5 Å². The van der Waals surface area contributed by atoms with Crippen molar-refractivity contribution in [3.8, 4) is 11.4 Å². The topological polar surface area (TPSA) is 103 Å². The number of nitrogens with zero attached hydrogens (tertiary/aromatic N) is 2. The monoisotopic (exact) mass is 380 g/mol. The number of anilines is 1. The third-order valence-electron chi connectivity index (χ3n) is 4.66. The summed E-state index contributed by atoms with van der Waals surface area (Å²) in [4.78, 5) is 4.44. The van der Waals surface area contributed by atoms with Crippen LogP contribution in [0.25, 0.3) is 17.5 Å². The number of allylic oxidation sites excluding steroid dienone is 1. The van der Waals surface area contributed by atoms with Crippen LogP contribution in [0.5, 0.6) is 0 Å². The number of hydrogen-bond donors (Lipinski definition) is 4. The lowest BCUT2D eigenvalue weighted by atomic mass is 10.0. The molecule has 5 N–H and O–H groups in total. The van der Waals surface area contributed by atoms with Gasteiger partial charge in [0.15, 0.2) is 5.82 Å². The Hall–Kier alpha value is -3.39. The summed E-state index contributed by atoms with van der Waals surface area (Å²) in [6.45, 7) is 1.66. The molecule has 8 heteroatoms. The Bertz CT molecular complexity index is 1050. The number of nitrogens with two attached hydrogens (primary N) is 1. The van der Waals surface area contributed by atoms with Crippen LogP contribution in [0.15, 0.2) is 42.5 Å². The number of nitrogens with one attached hydrogen (secondary N) is 3. The summed E-state index contributed by atoms with van der Waals surface area (Å²) in [7, 11) is 0. The Morgan fingerprint density at radius 1 is 1.18 bits per heavy atom. The van der Waals surface area contributed by atoms with E-state index in [4.69, 9.17) is 11.1 Å². The minimum absolute atomic E-state index is 0.0292. The molecule has 0 aliphatic carbocycles. The zero-order chi connectivity index (χ0) is 19.7. The molecule has 142 valence electrons. The van der Waals surface area contributed by atoms with Crippen molar-refractivity contribution in [3.05, 3.63) is 71.1 Å². The second-order valence-corrected chi connectivity index (χ2v) is 6.62. The predicted octanol–water partition coefficient (Wildman–Crippen LogP) is 3.10. The Balaban J connectivity index is 1.62. The van der Waals surface area contributed by atoms with Gasteiger partial charge in [0.2, 0.25) is 0 Å². The Morgan fingerprint density at radius 2 is 1.93 bits per heavy atom. The highest BCUT2D eigenvalue weighted by Crippen LogP contribution is 2.27. The summed E-state index contributed by atoms with van der Waals surface area (Å²) < 4.78 is 27.4. The average molecular weight is 380 g/mol. The molecule has 0 atom stereocenters. The van der Waals surface area contributed by atoms with E-state index in [0.717, 1.165) is 18.9 Å². The first-order valence-electron chi connectivity index (χ1n) is 8.76. The maximum absolute atomic E-state index is 14.4. The molecule has 1 aromatic heterocycles. The molecular weight excluding hydrogens is 362 g/mol. The fourth-order valence-electron chi connectivity index (χ4n) is 2.88. The van der Waals surface area contributed by atoms with Crippen molar-refractivity contribution in [1.29, 1.82) is 5.41 Å². The average Bonchev–Trinajstić information content (AvgIpc) is 3.11. The van der Waals surface area contributed by atoms with E-state index in [1.54, 1.807) is 24.3 Å². The molecule has 1 aliphatic heterocycles. The summed E-state index contributed by atoms with van der Waals surface area (Å²) in [5.74, 6) is 0.409. The van der Waals surface area contributed by atoms with Gasteiger partial charge in [-0.2, -0.15) is 5.10 Å². The molecule has 6 nitrogen and oxygen atoms in total. The van der Waals surface area contributed by atoms with Crippen molar-refractivity contribution < 1.29 is 8.78 Å². The second-order valence-electron chi connectivity index (χ2n) is 6.62. The normalized spacial score (nSPS) is 14.4. The number of halogens is 2. The first kappa shape index (κ1) is 18.0. The van der Waals surface area contributed by atoms with E-state index in [9.17, 15) is 8.78 Å². The third-order valence-corrected chi connectivity index (χ3v) is 4.66. The number of benzene rings is 2. The summed E-state index contributed by atoms with van der Waals surface area (Å²) in [5.41, 5.74) is 7.16. The van der Waals surface area contributed by atoms with Gasteiger partial charge in [0.25, 0.3) is 0 Å². The zero-order valence-electron chi connectivity index (χ0n) is 14.8. The van der Waals surface area contributed by atoms with E-state index in [0.29, 0.717) is 17.0 Å². The van der Waals surface area contributed by atoms with E-state index < -0.39 is 5.82 Å². The van der Waals surface area contributed by atoms with Gasteiger partial charge in [-0.15, -0.1) is 0 Å². The molecular formula is C20H18F2N6. The van der Waals surface area contributed by atoms with E-state index in [1.807, 2.05) is 0 Å². The van der Waals surface area contributed by atoms with Crippen LogP contribution in [0, 0.1) is 17.0 Å². The van der Waals surface area contributed by atoms with Crippen molar-refractivity contribution in [2.75, 3.05) is 18.8 Å². The van der Waals surface area contributed by atoms with Gasteiger partial charge in [-0.1, -0.05) is 18.2 Å². The standard InChI is InChI=1S/C20H18F2N6/c21-14-4-1-11(2-5-14)3-6-17(23)15-7-12(8-16(22)18(15)24)19-26-20(28-27-19)13-9-25-10-13/h1-8,13,23,25H,9-10,24H2,(H,26,27,28)/b6-3+,23-17?. The molecule has 2 heterocycles. The van der Waals surface area contributed by atoms with Gasteiger partial charge in [0, 0.05) is 30.1 Å². The molecule has 0 radical (unpaired) electrons. The van der Waals surface area contributed by atoms with Gasteiger partial charge in [-0.25, -0.2) is 13.8 Å². The van der Waals surface area contributed by atoms with Crippen molar-refractivity contribution >= 4 is 17.5 Å². The lowest BCUT2D eigenvalue weighted by molar-refractivity contribution is 0.431. The largest absolute Gasteiger partial charge is 0.396 e. The third kappa shape index (κ3) is 3.54. The first-order valence-corrected chi connectivity index (χ1v) is 8.76. The number of hydrogen-bond acceptors (Lipinski definition) is 5. The van der Waals surface area contributed by atoms with Crippen LogP contribution >= 0.6 is 0 Å². The van der Waals surface area contributed by atoms with Crippen LogP contribution in [0.2, 0.25) is 0 Å². The summed E-state index contributed by atoms with van der Waals surface area (Å²) in [6.07, 6.45) is 3.13. The zero-order valence-corrected chi connectivity index (χ0v) is 14.8. The lowest BCUT2D eigenvalue weighted by Gasteiger charge is -2.24. The molecule has 3 aromatic rings. The first-order chi connectivity index (χ1) is 13.5. The number of H-pyrrole nitrogens is 1. The molecule has 0 spiro atoms. The minimum Gasteiger partial charge on any atom is -0.396 e. The summed E-state index contributed by atoms with van der Waals surface area (Å²) >= 11 is 0. The van der Waals surface area contributed by atoms with Crippen molar-refractivity contribution in [2.24, 2.45) is 0 Å². The Kier molecular flexibility index (Phi) is 4.70. The molecule has 1 saturated heterocycles. The summed E-state index contributed by atoms with van der Waals surface area (Å²) in [6, 6.07) is 8.70. The lowest BCUT2D eigenvalue weighted by Crippen LogP contribution is -2.40. The highest BCUT2D eigenvalue weighted by atomic mass is 19.1. The number of nitrogen functional groups attached to an aromatic ring is 1. The Labute approximate surface area is 160 Å². The fraction of sp³-hybridized carbons (Fsp3) is 0.150. The molecule has 4 rings (SSSR count). The molecule has 0 unspecified atom stereocenters. The maximum Gasteiger partial charge on any atom is 0.181 e. The maximum atomic E-state index is 14.4. The molecule has 2 aromatic carbocycles. The number of rotatable bonds is 5. The van der Waals surface area contributed by atoms with Gasteiger partial charge in [-0.05, 0) is 35.9 Å². The van der Waals surface area contributed by atoms with Gasteiger partial charge in [-0.3, -0.25) is 5.10 Å². The molecule has 28 heavy (non-hydrogen) atoms. The van der Waals surface area contributed by atoms with E-state index in [-0.39, 0.29) is 28.7 Å². The second kappa shape index (κ2) is 7.32. The molecule has 1 aliphatic rings. The van der Waals surface area contributed by atoms with Crippen LogP contribution in [-0.4, -0.2) is 34.0 Å². The highest BCUT2D eigenvalue weighted by molar-refractivity contribution is 6.12. The highest BCUT2D eigenvalue weighted by Gasteiger charge is 2.23. The van der Waals surface area contributed by atoms with Crippen molar-refractivity contribution in [2.45, 2.75) is 5.92 Å². The smallest absolute Gasteiger partial charge is 0.181 e. The molecule has 1 fully saturated rings. The molecule has 0 bridgehead atoms. The van der Waals surface area contributed by atoms with Gasteiger partial charge < -0.3 is 16.5 Å². The van der Waals surface area contributed by atoms with Crippen LogP contribution in [0.4, 0.5) is 14.5 Å². The predicted molar refractivity (Wildman–Crippen MR) is 104 cm³/mol.